The van der Waals surface area contributed by atoms with E-state index in [0.29, 0.717) is 6.61 Å². The number of hydrogen-bond donors (Lipinski definition) is 2. The SMILES string of the molecule is CSC1(COc2ccc([C@@H](NC(=O)[C@@H](C)c3ccccc3)C(C)(C)O)cc2)CCCC1. The number of benzene rings is 2. The lowest BCUT2D eigenvalue weighted by molar-refractivity contribution is -0.125. The Morgan fingerprint density at radius 3 is 2.26 bits per heavy atom. The van der Waals surface area contributed by atoms with Crippen LogP contribution < -0.4 is 10.1 Å². The molecule has 1 amide bonds. The topological polar surface area (TPSA) is 58.6 Å². The van der Waals surface area contributed by atoms with E-state index in [4.69, 9.17) is 4.74 Å². The smallest absolute Gasteiger partial charge is 0.227 e. The van der Waals surface area contributed by atoms with Crippen LogP contribution in [0.25, 0.3) is 0 Å². The number of rotatable bonds is 9. The van der Waals surface area contributed by atoms with Crippen LogP contribution in [0.2, 0.25) is 0 Å². The lowest BCUT2D eigenvalue weighted by atomic mass is 9.90. The van der Waals surface area contributed by atoms with Crippen LogP contribution in [0.3, 0.4) is 0 Å². The predicted octanol–water partition coefficient (Wildman–Crippen LogP) is 5.47. The Bertz CT molecular complexity index is 839. The highest BCUT2D eigenvalue weighted by Crippen LogP contribution is 2.40. The monoisotopic (exact) mass is 441 g/mol. The van der Waals surface area contributed by atoms with Crippen LogP contribution in [-0.2, 0) is 4.79 Å². The third-order valence-corrected chi connectivity index (χ3v) is 7.74. The summed E-state index contributed by atoms with van der Waals surface area (Å²) in [4.78, 5) is 12.9. The minimum absolute atomic E-state index is 0.109. The molecule has 1 fully saturated rings. The lowest BCUT2D eigenvalue weighted by Gasteiger charge is -2.32. The Morgan fingerprint density at radius 1 is 1.10 bits per heavy atom. The largest absolute Gasteiger partial charge is 0.492 e. The average Bonchev–Trinajstić information content (AvgIpc) is 3.25. The first-order valence-corrected chi connectivity index (χ1v) is 12.3. The minimum atomic E-state index is -1.11. The summed E-state index contributed by atoms with van der Waals surface area (Å²) in [6.45, 7) is 6.04. The summed E-state index contributed by atoms with van der Waals surface area (Å²) in [6, 6.07) is 16.9. The molecule has 0 spiro atoms. The van der Waals surface area contributed by atoms with E-state index < -0.39 is 11.6 Å². The van der Waals surface area contributed by atoms with Crippen molar-refractivity contribution < 1.29 is 14.6 Å². The molecule has 168 valence electrons. The quantitative estimate of drug-likeness (QED) is 0.541. The first-order chi connectivity index (χ1) is 14.7. The molecule has 3 rings (SSSR count). The maximum absolute atomic E-state index is 12.9. The summed E-state index contributed by atoms with van der Waals surface area (Å²) in [5.41, 5.74) is 0.697. The summed E-state index contributed by atoms with van der Waals surface area (Å²) in [7, 11) is 0. The van der Waals surface area contributed by atoms with Crippen molar-refractivity contribution in [3.05, 3.63) is 65.7 Å². The van der Waals surface area contributed by atoms with Crippen molar-refractivity contribution in [1.82, 2.24) is 5.32 Å². The van der Waals surface area contributed by atoms with E-state index >= 15 is 0 Å². The number of thioether (sulfide) groups is 1. The molecule has 0 saturated heterocycles. The number of aliphatic hydroxyl groups is 1. The van der Waals surface area contributed by atoms with Crippen molar-refractivity contribution in [1.29, 1.82) is 0 Å². The molecular formula is C26H35NO3S. The van der Waals surface area contributed by atoms with E-state index in [1.807, 2.05) is 73.3 Å². The third-order valence-electron chi connectivity index (χ3n) is 6.35. The van der Waals surface area contributed by atoms with E-state index in [1.165, 1.54) is 25.7 Å². The fourth-order valence-electron chi connectivity index (χ4n) is 4.23. The molecule has 1 aliphatic rings. The molecule has 0 aliphatic heterocycles. The van der Waals surface area contributed by atoms with Crippen LogP contribution in [0.5, 0.6) is 5.75 Å². The van der Waals surface area contributed by atoms with Gasteiger partial charge in [0.1, 0.15) is 12.4 Å². The van der Waals surface area contributed by atoms with Gasteiger partial charge in [0.15, 0.2) is 0 Å². The number of carbonyl (C=O) groups is 1. The standard InChI is InChI=1S/C26H35NO3S/c1-19(20-10-6-5-7-11-20)24(28)27-23(25(2,3)29)21-12-14-22(15-13-21)30-18-26(31-4)16-8-9-17-26/h5-7,10-15,19,23,29H,8-9,16-18H2,1-4H3,(H,27,28)/t19-,23+/m0/s1. The fraction of sp³-hybridized carbons (Fsp3) is 0.500. The molecule has 0 aromatic heterocycles. The summed E-state index contributed by atoms with van der Waals surface area (Å²) in [6.07, 6.45) is 7.14. The molecule has 2 aromatic rings. The van der Waals surface area contributed by atoms with E-state index in [9.17, 15) is 9.90 Å². The molecule has 2 N–H and O–H groups in total. The molecule has 2 atom stereocenters. The van der Waals surface area contributed by atoms with Crippen molar-refractivity contribution in [2.75, 3.05) is 12.9 Å². The van der Waals surface area contributed by atoms with Crippen LogP contribution >= 0.6 is 11.8 Å². The van der Waals surface area contributed by atoms with Gasteiger partial charge in [-0.15, -0.1) is 0 Å². The maximum Gasteiger partial charge on any atom is 0.227 e. The number of ether oxygens (including phenoxy) is 1. The molecule has 0 heterocycles. The molecule has 0 bridgehead atoms. The van der Waals surface area contributed by atoms with Crippen molar-refractivity contribution in [2.24, 2.45) is 0 Å². The van der Waals surface area contributed by atoms with E-state index in [0.717, 1.165) is 16.9 Å². The number of carbonyl (C=O) groups excluding carboxylic acids is 1. The Labute approximate surface area is 190 Å². The van der Waals surface area contributed by atoms with E-state index in [2.05, 4.69) is 11.6 Å². The van der Waals surface area contributed by atoms with Crippen LogP contribution in [0.4, 0.5) is 0 Å². The van der Waals surface area contributed by atoms with Gasteiger partial charge in [0.25, 0.3) is 0 Å². The molecular weight excluding hydrogens is 406 g/mol. The van der Waals surface area contributed by atoms with E-state index in [-0.39, 0.29) is 16.6 Å². The summed E-state index contributed by atoms with van der Waals surface area (Å²) >= 11 is 1.91. The molecule has 1 saturated carbocycles. The van der Waals surface area contributed by atoms with Crippen LogP contribution in [0, 0.1) is 0 Å². The number of hydrogen-bond acceptors (Lipinski definition) is 4. The second-order valence-electron chi connectivity index (χ2n) is 9.18. The summed E-state index contributed by atoms with van der Waals surface area (Å²) in [5.74, 6) is 0.409. The lowest BCUT2D eigenvalue weighted by Crippen LogP contribution is -2.43. The Kier molecular flexibility index (Phi) is 7.71. The van der Waals surface area contributed by atoms with Crippen LogP contribution in [0.15, 0.2) is 54.6 Å². The number of nitrogens with one attached hydrogen (secondary N) is 1. The van der Waals surface area contributed by atoms with E-state index in [1.54, 1.807) is 13.8 Å². The average molecular weight is 442 g/mol. The molecule has 31 heavy (non-hydrogen) atoms. The zero-order valence-electron chi connectivity index (χ0n) is 19.1. The molecule has 5 heteroatoms. The number of amides is 1. The second-order valence-corrected chi connectivity index (χ2v) is 10.5. The molecule has 0 radical (unpaired) electrons. The normalized spacial score (nSPS) is 17.7. The molecule has 2 aromatic carbocycles. The molecule has 4 nitrogen and oxygen atoms in total. The Hall–Kier alpha value is -1.98. The van der Waals surface area contributed by atoms with Gasteiger partial charge in [-0.2, -0.15) is 11.8 Å². The van der Waals surface area contributed by atoms with Gasteiger partial charge in [-0.1, -0.05) is 55.3 Å². The second kappa shape index (κ2) is 10.1. The molecule has 0 unspecified atom stereocenters. The van der Waals surface area contributed by atoms with Gasteiger partial charge in [0.05, 0.1) is 17.6 Å². The van der Waals surface area contributed by atoms with Gasteiger partial charge in [0, 0.05) is 4.75 Å². The van der Waals surface area contributed by atoms with Gasteiger partial charge in [-0.05, 0) is 63.1 Å². The first kappa shape index (κ1) is 23.7. The summed E-state index contributed by atoms with van der Waals surface area (Å²) < 4.78 is 6.34. The first-order valence-electron chi connectivity index (χ1n) is 11.1. The predicted molar refractivity (Wildman–Crippen MR) is 129 cm³/mol. The zero-order valence-corrected chi connectivity index (χ0v) is 19.9. The zero-order chi connectivity index (χ0) is 22.5. The fourth-order valence-corrected chi connectivity index (χ4v) is 5.10. The van der Waals surface area contributed by atoms with Gasteiger partial charge >= 0.3 is 0 Å². The highest BCUT2D eigenvalue weighted by molar-refractivity contribution is 8.00. The van der Waals surface area contributed by atoms with Crippen molar-refractivity contribution in [2.45, 2.75) is 68.8 Å². The highest BCUT2D eigenvalue weighted by atomic mass is 32.2. The van der Waals surface area contributed by atoms with Gasteiger partial charge in [-0.25, -0.2) is 0 Å². The van der Waals surface area contributed by atoms with Crippen molar-refractivity contribution >= 4 is 17.7 Å². The Balaban J connectivity index is 1.69. The van der Waals surface area contributed by atoms with Gasteiger partial charge in [-0.3, -0.25) is 4.79 Å². The maximum atomic E-state index is 12.9. The Morgan fingerprint density at radius 2 is 1.71 bits per heavy atom. The van der Waals surface area contributed by atoms with Gasteiger partial charge < -0.3 is 15.2 Å². The van der Waals surface area contributed by atoms with Gasteiger partial charge in [0.2, 0.25) is 5.91 Å². The highest BCUT2D eigenvalue weighted by Gasteiger charge is 2.34. The summed E-state index contributed by atoms with van der Waals surface area (Å²) in [5, 5.41) is 13.8. The molecule has 1 aliphatic carbocycles. The van der Waals surface area contributed by atoms with Crippen molar-refractivity contribution in [3.8, 4) is 5.75 Å². The van der Waals surface area contributed by atoms with Crippen LogP contribution in [0.1, 0.15) is 69.5 Å². The van der Waals surface area contributed by atoms with Crippen LogP contribution in [-0.4, -0.2) is 34.2 Å². The van der Waals surface area contributed by atoms with Crippen molar-refractivity contribution in [3.63, 3.8) is 0 Å². The minimum Gasteiger partial charge on any atom is -0.492 e. The third kappa shape index (κ3) is 6.05.